The van der Waals surface area contributed by atoms with E-state index in [0.717, 1.165) is 35.9 Å². The van der Waals surface area contributed by atoms with E-state index in [2.05, 4.69) is 15.5 Å². The molecule has 1 unspecified atom stereocenters. The maximum absolute atomic E-state index is 12.3. The van der Waals surface area contributed by atoms with E-state index in [4.69, 9.17) is 11.6 Å². The van der Waals surface area contributed by atoms with Crippen LogP contribution in [0.3, 0.4) is 0 Å². The number of hydrogen-bond donors (Lipinski definition) is 2. The van der Waals surface area contributed by atoms with E-state index in [9.17, 15) is 4.79 Å². The smallest absolute Gasteiger partial charge is 0.238 e. The molecule has 0 saturated carbocycles. The first-order chi connectivity index (χ1) is 11.2. The molecule has 1 fully saturated rings. The Balaban J connectivity index is 0.00000208. The van der Waals surface area contributed by atoms with Crippen molar-refractivity contribution in [3.8, 4) is 0 Å². The normalized spacial score (nSPS) is 17.8. The predicted molar refractivity (Wildman–Crippen MR) is 101 cm³/mol. The van der Waals surface area contributed by atoms with Gasteiger partial charge in [0.15, 0.2) is 0 Å². The first kappa shape index (κ1) is 18.7. The summed E-state index contributed by atoms with van der Waals surface area (Å²) in [6, 6.07) is 17.5. The van der Waals surface area contributed by atoms with Crippen LogP contribution in [0.5, 0.6) is 0 Å². The number of amides is 1. The van der Waals surface area contributed by atoms with Crippen molar-refractivity contribution in [2.24, 2.45) is 0 Å². The van der Waals surface area contributed by atoms with Crippen LogP contribution in [-0.4, -0.2) is 37.0 Å². The van der Waals surface area contributed by atoms with E-state index in [-0.39, 0.29) is 24.4 Å². The Kier molecular flexibility index (Phi) is 7.06. The van der Waals surface area contributed by atoms with Gasteiger partial charge in [0.25, 0.3) is 0 Å². The predicted octanol–water partition coefficient (Wildman–Crippen LogP) is 3.35. The lowest BCUT2D eigenvalue weighted by Crippen LogP contribution is -2.48. The lowest BCUT2D eigenvalue weighted by atomic mass is 10.0. The first-order valence-corrected chi connectivity index (χ1v) is 8.16. The van der Waals surface area contributed by atoms with Crippen molar-refractivity contribution in [1.29, 1.82) is 0 Å². The third kappa shape index (κ3) is 4.71. The number of halogens is 2. The summed E-state index contributed by atoms with van der Waals surface area (Å²) in [4.78, 5) is 14.5. The summed E-state index contributed by atoms with van der Waals surface area (Å²) >= 11 is 6.33. The number of hydrogen-bond acceptors (Lipinski definition) is 3. The van der Waals surface area contributed by atoms with Gasteiger partial charge in [-0.1, -0.05) is 48.0 Å². The summed E-state index contributed by atoms with van der Waals surface area (Å²) < 4.78 is 0. The zero-order chi connectivity index (χ0) is 16.1. The molecule has 1 amide bonds. The minimum absolute atomic E-state index is 0. The van der Waals surface area contributed by atoms with E-state index in [1.165, 1.54) is 0 Å². The largest absolute Gasteiger partial charge is 0.325 e. The highest BCUT2D eigenvalue weighted by Gasteiger charge is 2.26. The van der Waals surface area contributed by atoms with Gasteiger partial charge in [-0.15, -0.1) is 12.4 Å². The minimum atomic E-state index is -0.00449. The van der Waals surface area contributed by atoms with Gasteiger partial charge < -0.3 is 10.6 Å². The minimum Gasteiger partial charge on any atom is -0.325 e. The van der Waals surface area contributed by atoms with Crippen molar-refractivity contribution in [2.75, 3.05) is 31.5 Å². The Hall–Kier alpha value is -1.59. The molecule has 0 radical (unpaired) electrons. The van der Waals surface area contributed by atoms with Crippen molar-refractivity contribution < 1.29 is 4.79 Å². The Labute approximate surface area is 153 Å². The maximum Gasteiger partial charge on any atom is 0.238 e. The van der Waals surface area contributed by atoms with E-state index in [1.54, 1.807) is 0 Å². The monoisotopic (exact) mass is 365 g/mol. The van der Waals surface area contributed by atoms with Gasteiger partial charge in [-0.2, -0.15) is 0 Å². The van der Waals surface area contributed by atoms with Gasteiger partial charge in [0.1, 0.15) is 0 Å². The van der Waals surface area contributed by atoms with Crippen LogP contribution < -0.4 is 10.6 Å². The molecule has 1 atom stereocenters. The van der Waals surface area contributed by atoms with Crippen LogP contribution in [-0.2, 0) is 4.79 Å². The molecule has 0 bridgehead atoms. The number of carbonyl (C=O) groups excluding carboxylic acids is 1. The average Bonchev–Trinajstić information content (AvgIpc) is 2.57. The summed E-state index contributed by atoms with van der Waals surface area (Å²) in [5.41, 5.74) is 1.89. The maximum atomic E-state index is 12.3. The SMILES string of the molecule is Cl.O=C(CN1CCNCC1c1ccccc1Cl)Nc1ccccc1. The highest BCUT2D eigenvalue weighted by molar-refractivity contribution is 6.31. The molecule has 0 aromatic heterocycles. The van der Waals surface area contributed by atoms with E-state index in [0.29, 0.717) is 6.54 Å². The molecule has 1 aliphatic heterocycles. The number of benzene rings is 2. The molecule has 3 rings (SSSR count). The Morgan fingerprint density at radius 2 is 1.88 bits per heavy atom. The van der Waals surface area contributed by atoms with Crippen LogP contribution in [0.1, 0.15) is 11.6 Å². The van der Waals surface area contributed by atoms with Gasteiger partial charge in [0, 0.05) is 36.4 Å². The van der Waals surface area contributed by atoms with E-state index >= 15 is 0 Å². The second kappa shape index (κ2) is 9.04. The molecule has 2 N–H and O–H groups in total. The third-order valence-corrected chi connectivity index (χ3v) is 4.37. The molecule has 6 heteroatoms. The van der Waals surface area contributed by atoms with Crippen LogP contribution in [0.15, 0.2) is 54.6 Å². The zero-order valence-corrected chi connectivity index (χ0v) is 14.8. The molecule has 24 heavy (non-hydrogen) atoms. The molecule has 4 nitrogen and oxygen atoms in total. The topological polar surface area (TPSA) is 44.4 Å². The molecule has 1 heterocycles. The second-order valence-electron chi connectivity index (χ2n) is 5.63. The van der Waals surface area contributed by atoms with Gasteiger partial charge in [-0.25, -0.2) is 0 Å². The molecular weight excluding hydrogens is 345 g/mol. The van der Waals surface area contributed by atoms with Crippen LogP contribution in [0.25, 0.3) is 0 Å². The molecule has 0 spiro atoms. The average molecular weight is 366 g/mol. The number of anilines is 1. The summed E-state index contributed by atoms with van der Waals surface area (Å²) in [5, 5.41) is 7.07. The van der Waals surface area contributed by atoms with Crippen molar-refractivity contribution in [3.05, 3.63) is 65.2 Å². The van der Waals surface area contributed by atoms with Crippen LogP contribution >= 0.6 is 24.0 Å². The van der Waals surface area contributed by atoms with Gasteiger partial charge in [0.05, 0.1) is 6.54 Å². The molecule has 1 aliphatic rings. The van der Waals surface area contributed by atoms with Gasteiger partial charge >= 0.3 is 0 Å². The number of carbonyl (C=O) groups is 1. The molecule has 2 aromatic rings. The zero-order valence-electron chi connectivity index (χ0n) is 13.2. The van der Waals surface area contributed by atoms with Gasteiger partial charge in [-0.3, -0.25) is 9.69 Å². The first-order valence-electron chi connectivity index (χ1n) is 7.78. The molecule has 1 saturated heterocycles. The number of nitrogens with zero attached hydrogens (tertiary/aromatic N) is 1. The highest BCUT2D eigenvalue weighted by atomic mass is 35.5. The van der Waals surface area contributed by atoms with Crippen LogP contribution in [0.4, 0.5) is 5.69 Å². The van der Waals surface area contributed by atoms with E-state index < -0.39 is 0 Å². The number of piperazine rings is 1. The number of nitrogens with one attached hydrogen (secondary N) is 2. The fourth-order valence-electron chi connectivity index (χ4n) is 2.89. The van der Waals surface area contributed by atoms with Crippen molar-refractivity contribution in [1.82, 2.24) is 10.2 Å². The van der Waals surface area contributed by atoms with Crippen molar-refractivity contribution >= 4 is 35.6 Å². The van der Waals surface area contributed by atoms with Crippen molar-refractivity contribution in [2.45, 2.75) is 6.04 Å². The summed E-state index contributed by atoms with van der Waals surface area (Å²) in [6.45, 7) is 2.84. The number of rotatable bonds is 4. The lowest BCUT2D eigenvalue weighted by molar-refractivity contribution is -0.118. The van der Waals surface area contributed by atoms with Crippen LogP contribution in [0.2, 0.25) is 5.02 Å². The standard InChI is InChI=1S/C18H20ClN3O.ClH/c19-16-9-5-4-8-15(16)17-12-20-10-11-22(17)13-18(23)21-14-6-2-1-3-7-14;/h1-9,17,20H,10-13H2,(H,21,23);1H. The number of para-hydroxylation sites is 1. The van der Waals surface area contributed by atoms with Crippen LogP contribution in [0, 0.1) is 0 Å². The molecule has 2 aromatic carbocycles. The quantitative estimate of drug-likeness (QED) is 0.872. The fourth-order valence-corrected chi connectivity index (χ4v) is 3.16. The summed E-state index contributed by atoms with van der Waals surface area (Å²) in [5.74, 6) is -0.00449. The van der Waals surface area contributed by atoms with Gasteiger partial charge in [-0.05, 0) is 23.8 Å². The fraction of sp³-hybridized carbons (Fsp3) is 0.278. The molecule has 128 valence electrons. The molecular formula is C18H21Cl2N3O. The molecule has 0 aliphatic carbocycles. The summed E-state index contributed by atoms with van der Waals surface area (Å²) in [7, 11) is 0. The van der Waals surface area contributed by atoms with E-state index in [1.807, 2.05) is 54.6 Å². The third-order valence-electron chi connectivity index (χ3n) is 4.02. The summed E-state index contributed by atoms with van der Waals surface area (Å²) in [6.07, 6.45) is 0. The van der Waals surface area contributed by atoms with Gasteiger partial charge in [0.2, 0.25) is 5.91 Å². The highest BCUT2D eigenvalue weighted by Crippen LogP contribution is 2.28. The Morgan fingerprint density at radius 3 is 2.62 bits per heavy atom. The van der Waals surface area contributed by atoms with Crippen molar-refractivity contribution in [3.63, 3.8) is 0 Å². The second-order valence-corrected chi connectivity index (χ2v) is 6.03. The lowest BCUT2D eigenvalue weighted by Gasteiger charge is -2.36. The Morgan fingerprint density at radius 1 is 1.17 bits per heavy atom. The Bertz CT molecular complexity index is 666.